The first-order valence-electron chi connectivity index (χ1n) is 7.81. The fourth-order valence-electron chi connectivity index (χ4n) is 2.56. The summed E-state index contributed by atoms with van der Waals surface area (Å²) in [6.07, 6.45) is -3.62. The molecule has 0 bridgehead atoms. The highest BCUT2D eigenvalue weighted by molar-refractivity contribution is 5.68. The van der Waals surface area contributed by atoms with Gasteiger partial charge >= 0.3 is 17.9 Å². The van der Waals surface area contributed by atoms with Gasteiger partial charge in [0.2, 0.25) is 0 Å². The number of para-hydroxylation sites is 1. The molecule has 1 aliphatic heterocycles. The summed E-state index contributed by atoms with van der Waals surface area (Å²) in [5, 5.41) is 3.08. The lowest BCUT2D eigenvalue weighted by Crippen LogP contribution is -2.59. The molecular formula is C17H21NO7. The first-order chi connectivity index (χ1) is 11.9. The van der Waals surface area contributed by atoms with Gasteiger partial charge in [-0.1, -0.05) is 18.2 Å². The van der Waals surface area contributed by atoms with Gasteiger partial charge < -0.3 is 24.3 Å². The zero-order valence-electron chi connectivity index (χ0n) is 14.3. The maximum Gasteiger partial charge on any atom is 0.303 e. The van der Waals surface area contributed by atoms with Crippen molar-refractivity contribution in [3.05, 3.63) is 30.3 Å². The van der Waals surface area contributed by atoms with Crippen molar-refractivity contribution in [3.63, 3.8) is 0 Å². The normalized spacial score (nSPS) is 25.6. The van der Waals surface area contributed by atoms with Crippen LogP contribution in [0.1, 0.15) is 20.8 Å². The second-order valence-corrected chi connectivity index (χ2v) is 5.56. The largest absolute Gasteiger partial charge is 0.456 e. The molecule has 1 unspecified atom stereocenters. The molecule has 4 atom stereocenters. The molecule has 136 valence electrons. The smallest absolute Gasteiger partial charge is 0.303 e. The fraction of sp³-hybridized carbons (Fsp3) is 0.471. The molecule has 0 aromatic heterocycles. The molecule has 1 saturated heterocycles. The van der Waals surface area contributed by atoms with Crippen molar-refractivity contribution in [2.45, 2.75) is 45.3 Å². The zero-order valence-corrected chi connectivity index (χ0v) is 14.3. The molecule has 2 rings (SSSR count). The molecule has 8 nitrogen and oxygen atoms in total. The minimum atomic E-state index is -0.986. The van der Waals surface area contributed by atoms with Crippen LogP contribution in [-0.4, -0.2) is 49.1 Å². The van der Waals surface area contributed by atoms with Crippen LogP contribution in [0.25, 0.3) is 0 Å². The number of benzene rings is 1. The number of carbonyl (C=O) groups excluding carboxylic acids is 3. The van der Waals surface area contributed by atoms with Gasteiger partial charge in [0, 0.05) is 26.5 Å². The molecule has 1 fully saturated rings. The third-order valence-electron chi connectivity index (χ3n) is 3.43. The van der Waals surface area contributed by atoms with E-state index in [-0.39, 0.29) is 6.61 Å². The Balaban J connectivity index is 2.25. The Morgan fingerprint density at radius 2 is 1.48 bits per heavy atom. The number of anilines is 1. The lowest BCUT2D eigenvalue weighted by atomic mass is 10.0. The van der Waals surface area contributed by atoms with Crippen LogP contribution in [0.4, 0.5) is 5.69 Å². The van der Waals surface area contributed by atoms with Crippen LogP contribution in [-0.2, 0) is 33.3 Å². The number of hydrogen-bond acceptors (Lipinski definition) is 8. The standard InChI is InChI=1S/C17H21NO7/c1-10(19)23-14-9-22-17(18-13-7-5-4-6-8-13)16(25-12(3)21)15(14)24-11(2)20/h4-8,14-18H,9H2,1-3H3/t14-,15+,16-,17?/m1/s1. The number of carbonyl (C=O) groups is 3. The topological polar surface area (TPSA) is 100 Å². The summed E-state index contributed by atoms with van der Waals surface area (Å²) in [6, 6.07) is 9.14. The van der Waals surface area contributed by atoms with Crippen molar-refractivity contribution < 1.29 is 33.3 Å². The van der Waals surface area contributed by atoms with E-state index in [4.69, 9.17) is 18.9 Å². The molecule has 1 aromatic rings. The lowest BCUT2D eigenvalue weighted by molar-refractivity contribution is -0.221. The maximum absolute atomic E-state index is 11.5. The molecule has 0 radical (unpaired) electrons. The van der Waals surface area contributed by atoms with Gasteiger partial charge in [0.15, 0.2) is 24.5 Å². The Morgan fingerprint density at radius 1 is 0.920 bits per heavy atom. The highest BCUT2D eigenvalue weighted by atomic mass is 16.6. The summed E-state index contributed by atoms with van der Waals surface area (Å²) in [4.78, 5) is 34.3. The molecule has 25 heavy (non-hydrogen) atoms. The molecule has 0 aliphatic carbocycles. The molecule has 1 aromatic carbocycles. The molecular weight excluding hydrogens is 330 g/mol. The first kappa shape index (κ1) is 18.7. The third kappa shape index (κ3) is 5.46. The number of nitrogens with one attached hydrogen (secondary N) is 1. The van der Waals surface area contributed by atoms with Crippen molar-refractivity contribution in [1.29, 1.82) is 0 Å². The van der Waals surface area contributed by atoms with E-state index in [0.717, 1.165) is 5.69 Å². The molecule has 0 saturated carbocycles. The fourth-order valence-corrected chi connectivity index (χ4v) is 2.56. The average Bonchev–Trinajstić information content (AvgIpc) is 2.52. The van der Waals surface area contributed by atoms with Crippen LogP contribution in [0, 0.1) is 0 Å². The summed E-state index contributed by atoms with van der Waals surface area (Å²) in [5.41, 5.74) is 0.733. The quantitative estimate of drug-likeness (QED) is 0.625. The van der Waals surface area contributed by atoms with Crippen LogP contribution >= 0.6 is 0 Å². The van der Waals surface area contributed by atoms with Crippen molar-refractivity contribution >= 4 is 23.6 Å². The third-order valence-corrected chi connectivity index (χ3v) is 3.43. The first-order valence-corrected chi connectivity index (χ1v) is 7.81. The summed E-state index contributed by atoms with van der Waals surface area (Å²) in [5.74, 6) is -1.71. The molecule has 1 N–H and O–H groups in total. The van der Waals surface area contributed by atoms with Gasteiger partial charge in [-0.25, -0.2) is 0 Å². The summed E-state index contributed by atoms with van der Waals surface area (Å²) in [6.45, 7) is 3.68. The van der Waals surface area contributed by atoms with Gasteiger partial charge in [0.05, 0.1) is 6.61 Å². The second kappa shape index (κ2) is 8.48. The van der Waals surface area contributed by atoms with E-state index in [1.54, 1.807) is 0 Å². The predicted molar refractivity (Wildman–Crippen MR) is 86.5 cm³/mol. The summed E-state index contributed by atoms with van der Waals surface area (Å²) >= 11 is 0. The van der Waals surface area contributed by atoms with Gasteiger partial charge in [0.25, 0.3) is 0 Å². The highest BCUT2D eigenvalue weighted by Gasteiger charge is 2.46. The highest BCUT2D eigenvalue weighted by Crippen LogP contribution is 2.25. The van der Waals surface area contributed by atoms with Crippen molar-refractivity contribution in [1.82, 2.24) is 0 Å². The van der Waals surface area contributed by atoms with Crippen LogP contribution in [0.5, 0.6) is 0 Å². The van der Waals surface area contributed by atoms with E-state index >= 15 is 0 Å². The Labute approximate surface area is 145 Å². The molecule has 1 aliphatic rings. The van der Waals surface area contributed by atoms with Crippen LogP contribution in [0.3, 0.4) is 0 Å². The summed E-state index contributed by atoms with van der Waals surface area (Å²) in [7, 11) is 0. The molecule has 1 heterocycles. The van der Waals surface area contributed by atoms with E-state index in [1.165, 1.54) is 20.8 Å². The number of esters is 3. The minimum absolute atomic E-state index is 0.0141. The molecule has 0 amide bonds. The van der Waals surface area contributed by atoms with Crippen molar-refractivity contribution in [3.8, 4) is 0 Å². The zero-order chi connectivity index (χ0) is 18.4. The molecule has 8 heteroatoms. The van der Waals surface area contributed by atoms with E-state index < -0.39 is 42.4 Å². The van der Waals surface area contributed by atoms with Gasteiger partial charge in [-0.2, -0.15) is 0 Å². The summed E-state index contributed by atoms with van der Waals surface area (Å²) < 4.78 is 21.4. The Bertz CT molecular complexity index is 619. The van der Waals surface area contributed by atoms with Crippen molar-refractivity contribution in [2.24, 2.45) is 0 Å². The number of hydrogen-bond donors (Lipinski definition) is 1. The van der Waals surface area contributed by atoms with E-state index in [2.05, 4.69) is 5.32 Å². The van der Waals surface area contributed by atoms with Crippen LogP contribution in [0.15, 0.2) is 30.3 Å². The number of ether oxygens (including phenoxy) is 4. The SMILES string of the molecule is CC(=O)O[C@H]1[C@H](OC(C)=O)COC(Nc2ccccc2)[C@@H]1OC(C)=O. The molecule has 0 spiro atoms. The maximum atomic E-state index is 11.5. The Hall–Kier alpha value is -2.61. The van der Waals surface area contributed by atoms with E-state index in [9.17, 15) is 14.4 Å². The van der Waals surface area contributed by atoms with Gasteiger partial charge in [-0.05, 0) is 12.1 Å². The monoisotopic (exact) mass is 351 g/mol. The Morgan fingerprint density at radius 3 is 2.04 bits per heavy atom. The number of rotatable bonds is 5. The second-order valence-electron chi connectivity index (χ2n) is 5.56. The van der Waals surface area contributed by atoms with Crippen LogP contribution < -0.4 is 5.32 Å². The minimum Gasteiger partial charge on any atom is -0.456 e. The van der Waals surface area contributed by atoms with Gasteiger partial charge in [-0.15, -0.1) is 0 Å². The lowest BCUT2D eigenvalue weighted by Gasteiger charge is -2.40. The van der Waals surface area contributed by atoms with Gasteiger partial charge in [0.1, 0.15) is 0 Å². The van der Waals surface area contributed by atoms with Crippen LogP contribution in [0.2, 0.25) is 0 Å². The van der Waals surface area contributed by atoms with E-state index in [1.807, 2.05) is 30.3 Å². The van der Waals surface area contributed by atoms with Crippen molar-refractivity contribution in [2.75, 3.05) is 11.9 Å². The predicted octanol–water partition coefficient (Wildman–Crippen LogP) is 1.25. The van der Waals surface area contributed by atoms with E-state index in [0.29, 0.717) is 0 Å². The van der Waals surface area contributed by atoms with Gasteiger partial charge in [-0.3, -0.25) is 14.4 Å². The Kier molecular flexibility index (Phi) is 6.35. The average molecular weight is 351 g/mol.